The molecule has 0 spiro atoms. The summed E-state index contributed by atoms with van der Waals surface area (Å²) in [5.74, 6) is 0. The van der Waals surface area contributed by atoms with E-state index in [0.717, 1.165) is 43.6 Å². The molecule has 0 fully saturated rings. The number of anilines is 1. The van der Waals surface area contributed by atoms with E-state index >= 15 is 0 Å². The minimum atomic E-state index is 0.808. The predicted octanol–water partition coefficient (Wildman–Crippen LogP) is 4.89. The number of rotatable bonds is 1. The molecule has 5 rings (SSSR count). The Morgan fingerprint density at radius 2 is 1.50 bits per heavy atom. The second-order valence-corrected chi connectivity index (χ2v) is 7.20. The molecule has 2 nitrogen and oxygen atoms in total. The fraction of sp³-hybridized carbons (Fsp3) is 0.208. The number of nitrogens with zero attached hydrogens (tertiary/aromatic N) is 2. The van der Waals surface area contributed by atoms with Crippen molar-refractivity contribution >= 4 is 5.69 Å². The Morgan fingerprint density at radius 1 is 0.731 bits per heavy atom. The van der Waals surface area contributed by atoms with Gasteiger partial charge in [0, 0.05) is 13.1 Å². The monoisotopic (exact) mass is 336 g/mol. The second kappa shape index (κ2) is 6.04. The molecule has 0 bridgehead atoms. The van der Waals surface area contributed by atoms with Crippen LogP contribution in [0.4, 0.5) is 5.69 Å². The van der Waals surface area contributed by atoms with Crippen LogP contribution >= 0.6 is 0 Å². The number of aryl methyl sites for hydroxylation is 1. The van der Waals surface area contributed by atoms with Crippen LogP contribution in [0.15, 0.2) is 60.7 Å². The lowest BCUT2D eigenvalue weighted by atomic mass is 9.83. The zero-order chi connectivity index (χ0) is 17.5. The Morgan fingerprint density at radius 3 is 2.35 bits per heavy atom. The maximum atomic E-state index is 9.76. The number of nitriles is 1. The van der Waals surface area contributed by atoms with Gasteiger partial charge < -0.3 is 4.90 Å². The highest BCUT2D eigenvalue weighted by atomic mass is 15.1. The third kappa shape index (κ3) is 2.32. The first-order valence-corrected chi connectivity index (χ1v) is 9.31. The standard InChI is InChI=1S/C24H20N2/c25-15-19-10-11-22-21-8-4-3-6-18(21)9-12-23(22)24(19)26-14-13-17-5-1-2-7-20(17)16-26/h1-8,10-11H,9,12-14,16H2. The minimum absolute atomic E-state index is 0.808. The lowest BCUT2D eigenvalue weighted by Gasteiger charge is -2.35. The van der Waals surface area contributed by atoms with Crippen LogP contribution in [0.25, 0.3) is 11.1 Å². The summed E-state index contributed by atoms with van der Waals surface area (Å²) in [5, 5.41) is 9.76. The summed E-state index contributed by atoms with van der Waals surface area (Å²) in [6, 6.07) is 24.0. The van der Waals surface area contributed by atoms with Gasteiger partial charge in [-0.2, -0.15) is 5.26 Å². The lowest BCUT2D eigenvalue weighted by molar-refractivity contribution is 0.724. The Labute approximate surface area is 154 Å². The molecule has 1 aliphatic carbocycles. The van der Waals surface area contributed by atoms with Crippen LogP contribution in [0.1, 0.15) is 27.8 Å². The highest BCUT2D eigenvalue weighted by Gasteiger charge is 2.26. The highest BCUT2D eigenvalue weighted by Crippen LogP contribution is 2.41. The molecule has 0 amide bonds. The number of fused-ring (bicyclic) bond motifs is 4. The van der Waals surface area contributed by atoms with Crippen LogP contribution < -0.4 is 4.90 Å². The van der Waals surface area contributed by atoms with Crippen molar-refractivity contribution in [3.05, 3.63) is 88.5 Å². The van der Waals surface area contributed by atoms with E-state index in [9.17, 15) is 5.26 Å². The van der Waals surface area contributed by atoms with Crippen molar-refractivity contribution in [1.29, 1.82) is 5.26 Å². The molecule has 0 N–H and O–H groups in total. The molecule has 1 heterocycles. The molecule has 26 heavy (non-hydrogen) atoms. The number of benzene rings is 3. The van der Waals surface area contributed by atoms with E-state index in [1.807, 2.05) is 6.07 Å². The molecule has 0 saturated heterocycles. The van der Waals surface area contributed by atoms with Crippen LogP contribution in [0, 0.1) is 11.3 Å². The van der Waals surface area contributed by atoms with Crippen molar-refractivity contribution in [2.75, 3.05) is 11.4 Å². The lowest BCUT2D eigenvalue weighted by Crippen LogP contribution is -2.32. The normalized spacial score (nSPS) is 14.8. The van der Waals surface area contributed by atoms with Crippen LogP contribution in [-0.2, 0) is 25.8 Å². The average molecular weight is 336 g/mol. The third-order valence-corrected chi connectivity index (χ3v) is 5.80. The molecule has 2 aliphatic rings. The Hall–Kier alpha value is -3.05. The van der Waals surface area contributed by atoms with Crippen molar-refractivity contribution in [1.82, 2.24) is 0 Å². The van der Waals surface area contributed by atoms with Crippen molar-refractivity contribution in [3.8, 4) is 17.2 Å². The third-order valence-electron chi connectivity index (χ3n) is 5.80. The van der Waals surface area contributed by atoms with E-state index in [2.05, 4.69) is 65.6 Å². The van der Waals surface area contributed by atoms with Crippen LogP contribution in [0.3, 0.4) is 0 Å². The summed E-state index contributed by atoms with van der Waals surface area (Å²) in [7, 11) is 0. The van der Waals surface area contributed by atoms with Gasteiger partial charge in [-0.3, -0.25) is 0 Å². The molecule has 0 atom stereocenters. The van der Waals surface area contributed by atoms with E-state index in [1.54, 1.807) is 0 Å². The predicted molar refractivity (Wildman–Crippen MR) is 105 cm³/mol. The summed E-state index contributed by atoms with van der Waals surface area (Å²) >= 11 is 0. The summed E-state index contributed by atoms with van der Waals surface area (Å²) < 4.78 is 0. The second-order valence-electron chi connectivity index (χ2n) is 7.20. The molecule has 0 saturated carbocycles. The quantitative estimate of drug-likeness (QED) is 0.633. The molecule has 126 valence electrons. The fourth-order valence-electron chi connectivity index (χ4n) is 4.54. The first kappa shape index (κ1) is 15.2. The molecule has 3 aromatic rings. The Bertz CT molecular complexity index is 1040. The highest BCUT2D eigenvalue weighted by molar-refractivity contribution is 5.82. The molecular weight excluding hydrogens is 316 g/mol. The van der Waals surface area contributed by atoms with Gasteiger partial charge in [0.05, 0.1) is 11.3 Å². The summed E-state index contributed by atoms with van der Waals surface area (Å²) in [6.45, 7) is 1.87. The van der Waals surface area contributed by atoms with Crippen molar-refractivity contribution in [2.24, 2.45) is 0 Å². The fourth-order valence-corrected chi connectivity index (χ4v) is 4.54. The van der Waals surface area contributed by atoms with Gasteiger partial charge in [-0.25, -0.2) is 0 Å². The number of hydrogen-bond donors (Lipinski definition) is 0. The first-order chi connectivity index (χ1) is 12.8. The van der Waals surface area contributed by atoms with Gasteiger partial charge in [-0.15, -0.1) is 0 Å². The topological polar surface area (TPSA) is 27.0 Å². The maximum absolute atomic E-state index is 9.76. The van der Waals surface area contributed by atoms with E-state index in [0.29, 0.717) is 0 Å². The van der Waals surface area contributed by atoms with E-state index in [4.69, 9.17) is 0 Å². The van der Waals surface area contributed by atoms with E-state index < -0.39 is 0 Å². The van der Waals surface area contributed by atoms with Gasteiger partial charge in [0.1, 0.15) is 6.07 Å². The molecule has 0 aromatic heterocycles. The van der Waals surface area contributed by atoms with Crippen LogP contribution in [0.5, 0.6) is 0 Å². The van der Waals surface area contributed by atoms with Gasteiger partial charge in [-0.05, 0) is 58.7 Å². The molecule has 0 radical (unpaired) electrons. The van der Waals surface area contributed by atoms with Gasteiger partial charge in [0.25, 0.3) is 0 Å². The zero-order valence-electron chi connectivity index (χ0n) is 14.7. The van der Waals surface area contributed by atoms with Gasteiger partial charge in [-0.1, -0.05) is 54.6 Å². The van der Waals surface area contributed by atoms with Crippen molar-refractivity contribution in [2.45, 2.75) is 25.8 Å². The Kier molecular flexibility index (Phi) is 3.53. The smallest absolute Gasteiger partial charge is 0.101 e. The average Bonchev–Trinajstić information content (AvgIpc) is 2.72. The molecule has 1 aliphatic heterocycles. The molecule has 2 heteroatoms. The minimum Gasteiger partial charge on any atom is -0.366 e. The van der Waals surface area contributed by atoms with E-state index in [1.165, 1.54) is 33.4 Å². The van der Waals surface area contributed by atoms with Crippen molar-refractivity contribution in [3.63, 3.8) is 0 Å². The van der Waals surface area contributed by atoms with Crippen LogP contribution in [0.2, 0.25) is 0 Å². The summed E-state index contributed by atoms with van der Waals surface area (Å²) in [4.78, 5) is 2.42. The van der Waals surface area contributed by atoms with E-state index in [-0.39, 0.29) is 0 Å². The number of hydrogen-bond acceptors (Lipinski definition) is 2. The Balaban J connectivity index is 1.65. The summed E-state index contributed by atoms with van der Waals surface area (Å²) in [5.41, 5.74) is 10.2. The van der Waals surface area contributed by atoms with Crippen LogP contribution in [-0.4, -0.2) is 6.54 Å². The summed E-state index contributed by atoms with van der Waals surface area (Å²) in [6.07, 6.45) is 3.10. The van der Waals surface area contributed by atoms with Gasteiger partial charge >= 0.3 is 0 Å². The largest absolute Gasteiger partial charge is 0.366 e. The van der Waals surface area contributed by atoms with Crippen molar-refractivity contribution < 1.29 is 0 Å². The molecule has 3 aromatic carbocycles. The zero-order valence-corrected chi connectivity index (χ0v) is 14.7. The SMILES string of the molecule is N#Cc1ccc2c(c1N1CCc3ccccc3C1)CCc1ccccc1-2. The first-order valence-electron chi connectivity index (χ1n) is 9.31. The van der Waals surface area contributed by atoms with Gasteiger partial charge in [0.2, 0.25) is 0 Å². The maximum Gasteiger partial charge on any atom is 0.101 e. The molecule has 0 unspecified atom stereocenters. The molecular formula is C24H20N2. The van der Waals surface area contributed by atoms with Gasteiger partial charge in [0.15, 0.2) is 0 Å².